The summed E-state index contributed by atoms with van der Waals surface area (Å²) in [5.74, 6) is 0.657. The van der Waals surface area contributed by atoms with E-state index in [2.05, 4.69) is 15.2 Å². The first-order valence-corrected chi connectivity index (χ1v) is 10.6. The molecule has 4 rings (SSSR count). The minimum Gasteiger partial charge on any atom is -0.443 e. The van der Waals surface area contributed by atoms with Gasteiger partial charge in [0.25, 0.3) is 0 Å². The van der Waals surface area contributed by atoms with Crippen molar-refractivity contribution in [2.45, 2.75) is 38.6 Å². The molecule has 0 bridgehead atoms. The van der Waals surface area contributed by atoms with Crippen LogP contribution >= 0.6 is 0 Å². The lowest BCUT2D eigenvalue weighted by Crippen LogP contribution is -2.54. The van der Waals surface area contributed by atoms with Crippen molar-refractivity contribution in [3.05, 3.63) is 59.9 Å². The van der Waals surface area contributed by atoms with E-state index in [1.807, 2.05) is 45.0 Å². The molecule has 1 saturated heterocycles. The van der Waals surface area contributed by atoms with E-state index >= 15 is 0 Å². The third kappa shape index (κ3) is 4.37. The van der Waals surface area contributed by atoms with Gasteiger partial charge < -0.3 is 19.7 Å². The lowest BCUT2D eigenvalue weighted by atomic mass is 10.1. The molecule has 2 atom stereocenters. The molecule has 0 amide bonds. The standard InChI is InChI=1S/C24H28N4O4/c1-24(2,3)32-23(30)28-20-11-16(15-29)5-6-18(20)12-21(28)27-14-19(26-13-22(27)31-4)17-7-9-25-10-8-17/h5-12,15,19,22,26H,13-14H2,1-4H3. The third-order valence-electron chi connectivity index (χ3n) is 5.46. The molecule has 0 spiro atoms. The van der Waals surface area contributed by atoms with Gasteiger partial charge in [-0.15, -0.1) is 0 Å². The Morgan fingerprint density at radius 1 is 1.19 bits per heavy atom. The van der Waals surface area contributed by atoms with Gasteiger partial charge in [0.2, 0.25) is 0 Å². The quantitative estimate of drug-likeness (QED) is 0.623. The number of nitrogens with zero attached hydrogens (tertiary/aromatic N) is 3. The summed E-state index contributed by atoms with van der Waals surface area (Å²) in [6.45, 7) is 6.63. The molecule has 1 aliphatic heterocycles. The third-order valence-corrected chi connectivity index (χ3v) is 5.46. The Morgan fingerprint density at radius 2 is 1.94 bits per heavy atom. The molecule has 168 valence electrons. The summed E-state index contributed by atoms with van der Waals surface area (Å²) in [6, 6.07) is 11.2. The first kappa shape index (κ1) is 22.0. The molecule has 0 aliphatic carbocycles. The minimum atomic E-state index is -0.670. The largest absolute Gasteiger partial charge is 0.443 e. The number of ether oxygens (including phenoxy) is 2. The Balaban J connectivity index is 1.82. The Labute approximate surface area is 187 Å². The number of piperazine rings is 1. The van der Waals surface area contributed by atoms with Crippen LogP contribution in [0.1, 0.15) is 42.7 Å². The van der Waals surface area contributed by atoms with E-state index in [1.165, 1.54) is 4.57 Å². The molecule has 2 aromatic heterocycles. The number of anilines is 1. The van der Waals surface area contributed by atoms with Crippen molar-refractivity contribution in [2.24, 2.45) is 0 Å². The summed E-state index contributed by atoms with van der Waals surface area (Å²) < 4.78 is 13.0. The van der Waals surface area contributed by atoms with Crippen molar-refractivity contribution in [2.75, 3.05) is 25.1 Å². The highest BCUT2D eigenvalue weighted by Crippen LogP contribution is 2.33. The van der Waals surface area contributed by atoms with E-state index in [0.29, 0.717) is 30.0 Å². The van der Waals surface area contributed by atoms with Gasteiger partial charge in [-0.25, -0.2) is 9.36 Å². The summed E-state index contributed by atoms with van der Waals surface area (Å²) in [7, 11) is 1.65. The predicted octanol–water partition coefficient (Wildman–Crippen LogP) is 3.76. The summed E-state index contributed by atoms with van der Waals surface area (Å²) in [4.78, 5) is 30.9. The fraction of sp³-hybridized carbons (Fsp3) is 0.375. The number of methoxy groups -OCH3 is 1. The maximum Gasteiger partial charge on any atom is 0.420 e. The van der Waals surface area contributed by atoms with Gasteiger partial charge in [-0.3, -0.25) is 9.78 Å². The number of carbonyl (C=O) groups excluding carboxylic acids is 2. The van der Waals surface area contributed by atoms with Crippen LogP contribution in [-0.4, -0.2) is 54.0 Å². The average molecular weight is 437 g/mol. The van der Waals surface area contributed by atoms with Gasteiger partial charge in [-0.05, 0) is 50.6 Å². The van der Waals surface area contributed by atoms with Crippen molar-refractivity contribution >= 4 is 29.1 Å². The van der Waals surface area contributed by atoms with Crippen LogP contribution in [0.2, 0.25) is 0 Å². The van der Waals surface area contributed by atoms with Crippen LogP contribution in [-0.2, 0) is 9.47 Å². The minimum absolute atomic E-state index is 0.0278. The predicted molar refractivity (Wildman–Crippen MR) is 122 cm³/mol. The second-order valence-electron chi connectivity index (χ2n) is 8.84. The first-order valence-electron chi connectivity index (χ1n) is 10.6. The average Bonchev–Trinajstić information content (AvgIpc) is 3.16. The second kappa shape index (κ2) is 8.72. The molecule has 1 aliphatic rings. The summed E-state index contributed by atoms with van der Waals surface area (Å²) in [5, 5.41) is 4.35. The van der Waals surface area contributed by atoms with Gasteiger partial charge in [0.1, 0.15) is 23.9 Å². The van der Waals surface area contributed by atoms with Crippen LogP contribution in [0.25, 0.3) is 10.9 Å². The fourth-order valence-corrected chi connectivity index (χ4v) is 3.99. The van der Waals surface area contributed by atoms with E-state index in [0.717, 1.165) is 17.2 Å². The van der Waals surface area contributed by atoms with Crippen molar-refractivity contribution in [1.29, 1.82) is 0 Å². The number of rotatable bonds is 4. The van der Waals surface area contributed by atoms with E-state index in [9.17, 15) is 9.59 Å². The van der Waals surface area contributed by atoms with Crippen LogP contribution in [0.5, 0.6) is 0 Å². The van der Waals surface area contributed by atoms with Crippen LogP contribution in [0.15, 0.2) is 48.8 Å². The fourth-order valence-electron chi connectivity index (χ4n) is 3.99. The SMILES string of the molecule is COC1CNC(c2ccncc2)CN1c1cc2ccc(C=O)cc2n1C(=O)OC(C)(C)C. The van der Waals surface area contributed by atoms with Crippen molar-refractivity contribution in [1.82, 2.24) is 14.9 Å². The molecule has 0 radical (unpaired) electrons. The summed E-state index contributed by atoms with van der Waals surface area (Å²) in [5.41, 5.74) is 1.54. The monoisotopic (exact) mass is 436 g/mol. The topological polar surface area (TPSA) is 85.7 Å². The molecule has 1 fully saturated rings. The number of aromatic nitrogens is 2. The summed E-state index contributed by atoms with van der Waals surface area (Å²) in [6.07, 6.45) is 3.52. The van der Waals surface area contributed by atoms with E-state index < -0.39 is 11.7 Å². The molecule has 8 nitrogen and oxygen atoms in total. The van der Waals surface area contributed by atoms with Gasteiger partial charge in [-0.2, -0.15) is 0 Å². The Bertz CT molecular complexity index is 1120. The van der Waals surface area contributed by atoms with E-state index in [1.54, 1.807) is 31.6 Å². The molecule has 3 heterocycles. The number of benzene rings is 1. The van der Waals surface area contributed by atoms with Crippen molar-refractivity contribution < 1.29 is 19.1 Å². The highest BCUT2D eigenvalue weighted by molar-refractivity contribution is 5.97. The zero-order valence-corrected chi connectivity index (χ0v) is 18.7. The normalized spacial score (nSPS) is 19.2. The summed E-state index contributed by atoms with van der Waals surface area (Å²) >= 11 is 0. The number of fused-ring (bicyclic) bond motifs is 1. The van der Waals surface area contributed by atoms with Crippen LogP contribution in [0.4, 0.5) is 10.6 Å². The van der Waals surface area contributed by atoms with Crippen LogP contribution < -0.4 is 10.2 Å². The molecule has 1 N–H and O–H groups in total. The molecule has 3 aromatic rings. The van der Waals surface area contributed by atoms with Crippen molar-refractivity contribution in [3.8, 4) is 0 Å². The molecule has 1 aromatic carbocycles. The maximum atomic E-state index is 13.3. The Kier molecular flexibility index (Phi) is 5.99. The number of carbonyl (C=O) groups is 2. The van der Waals surface area contributed by atoms with Gasteiger partial charge in [0, 0.05) is 43.5 Å². The van der Waals surface area contributed by atoms with Gasteiger partial charge in [0.15, 0.2) is 0 Å². The molecule has 8 heteroatoms. The first-order chi connectivity index (χ1) is 15.3. The lowest BCUT2D eigenvalue weighted by Gasteiger charge is -2.41. The maximum absolute atomic E-state index is 13.3. The Morgan fingerprint density at radius 3 is 2.59 bits per heavy atom. The number of hydrogen-bond acceptors (Lipinski definition) is 7. The van der Waals surface area contributed by atoms with Gasteiger partial charge >= 0.3 is 6.09 Å². The van der Waals surface area contributed by atoms with Crippen LogP contribution in [0, 0.1) is 0 Å². The highest BCUT2D eigenvalue weighted by atomic mass is 16.6. The van der Waals surface area contributed by atoms with Crippen LogP contribution in [0.3, 0.4) is 0 Å². The number of hydrogen-bond donors (Lipinski definition) is 1. The molecule has 2 unspecified atom stereocenters. The smallest absolute Gasteiger partial charge is 0.420 e. The molecular weight excluding hydrogens is 408 g/mol. The second-order valence-corrected chi connectivity index (χ2v) is 8.84. The number of pyridine rings is 1. The molecule has 32 heavy (non-hydrogen) atoms. The number of aldehydes is 1. The zero-order valence-electron chi connectivity index (χ0n) is 18.7. The van der Waals surface area contributed by atoms with Gasteiger partial charge in [0.05, 0.1) is 11.6 Å². The van der Waals surface area contributed by atoms with Gasteiger partial charge in [-0.1, -0.05) is 12.1 Å². The molecule has 0 saturated carbocycles. The Hall–Kier alpha value is -3.23. The molecular formula is C24H28N4O4. The van der Waals surface area contributed by atoms with E-state index in [-0.39, 0.29) is 12.3 Å². The highest BCUT2D eigenvalue weighted by Gasteiger charge is 2.33. The lowest BCUT2D eigenvalue weighted by molar-refractivity contribution is 0.0532. The number of nitrogens with one attached hydrogen (secondary N) is 1. The van der Waals surface area contributed by atoms with E-state index in [4.69, 9.17) is 9.47 Å². The van der Waals surface area contributed by atoms with Crippen molar-refractivity contribution in [3.63, 3.8) is 0 Å². The zero-order chi connectivity index (χ0) is 22.9.